The van der Waals surface area contributed by atoms with Crippen molar-refractivity contribution < 1.29 is 31.9 Å². The van der Waals surface area contributed by atoms with Crippen LogP contribution in [0.5, 0.6) is 5.75 Å². The SMILES string of the molecule is COc1ccc(S(=O)(=O)N(C)C)cc1NC(=O)COC(=O)C=Cc1ccc(Br)o1. The number of methoxy groups -OCH3 is 1. The van der Waals surface area contributed by atoms with Crippen LogP contribution in [-0.4, -0.2) is 52.4 Å². The summed E-state index contributed by atoms with van der Waals surface area (Å²) in [6, 6.07) is 7.35. The zero-order valence-corrected chi connectivity index (χ0v) is 18.2. The predicted octanol–water partition coefficient (Wildman–Crippen LogP) is 2.50. The van der Waals surface area contributed by atoms with Crippen molar-refractivity contribution in [3.63, 3.8) is 0 Å². The van der Waals surface area contributed by atoms with Gasteiger partial charge >= 0.3 is 5.97 Å². The molecule has 0 fully saturated rings. The van der Waals surface area contributed by atoms with Gasteiger partial charge in [-0.2, -0.15) is 0 Å². The minimum atomic E-state index is -3.70. The van der Waals surface area contributed by atoms with Crippen LogP contribution in [0.1, 0.15) is 5.76 Å². The molecule has 1 amide bonds. The normalized spacial score (nSPS) is 11.6. The number of amides is 1. The van der Waals surface area contributed by atoms with Gasteiger partial charge in [-0.05, 0) is 52.3 Å². The van der Waals surface area contributed by atoms with Crippen molar-refractivity contribution in [1.29, 1.82) is 0 Å². The minimum Gasteiger partial charge on any atom is -0.495 e. The standard InChI is InChI=1S/C18H19BrN2O7S/c1-21(2)29(24,25)13-6-7-15(26-3)14(10-13)20-17(22)11-27-18(23)9-5-12-4-8-16(19)28-12/h4-10H,11H2,1-3H3,(H,20,22). The Bertz CT molecular complexity index is 1030. The predicted molar refractivity (Wildman–Crippen MR) is 109 cm³/mol. The van der Waals surface area contributed by atoms with Crippen molar-refractivity contribution >= 4 is 49.6 Å². The number of anilines is 1. The summed E-state index contributed by atoms with van der Waals surface area (Å²) in [4.78, 5) is 23.8. The van der Waals surface area contributed by atoms with E-state index in [0.717, 1.165) is 10.4 Å². The Morgan fingerprint density at radius 2 is 1.97 bits per heavy atom. The molecule has 0 aliphatic heterocycles. The zero-order valence-electron chi connectivity index (χ0n) is 15.8. The smallest absolute Gasteiger partial charge is 0.331 e. The number of sulfonamides is 1. The third kappa shape index (κ3) is 6.17. The van der Waals surface area contributed by atoms with E-state index >= 15 is 0 Å². The van der Waals surface area contributed by atoms with Crippen LogP contribution < -0.4 is 10.1 Å². The number of ether oxygens (including phenoxy) is 2. The molecule has 9 nitrogen and oxygen atoms in total. The van der Waals surface area contributed by atoms with Crippen molar-refractivity contribution in [3.8, 4) is 5.75 Å². The van der Waals surface area contributed by atoms with Gasteiger partial charge in [-0.3, -0.25) is 4.79 Å². The molecule has 0 saturated heterocycles. The first-order valence-electron chi connectivity index (χ1n) is 8.14. The number of rotatable bonds is 8. The molecular formula is C18H19BrN2O7S. The van der Waals surface area contributed by atoms with Crippen molar-refractivity contribution in [1.82, 2.24) is 4.31 Å². The van der Waals surface area contributed by atoms with E-state index in [1.54, 1.807) is 12.1 Å². The highest BCUT2D eigenvalue weighted by Crippen LogP contribution is 2.28. The van der Waals surface area contributed by atoms with Crippen LogP contribution in [0.25, 0.3) is 6.08 Å². The Morgan fingerprint density at radius 3 is 2.55 bits per heavy atom. The van der Waals surface area contributed by atoms with Gasteiger partial charge in [0.05, 0.1) is 17.7 Å². The second-order valence-electron chi connectivity index (χ2n) is 5.78. The van der Waals surface area contributed by atoms with Crippen LogP contribution in [-0.2, 0) is 24.3 Å². The fraction of sp³-hybridized carbons (Fsp3) is 0.222. The lowest BCUT2D eigenvalue weighted by Gasteiger charge is -2.15. The number of benzene rings is 1. The third-order valence-electron chi connectivity index (χ3n) is 3.55. The van der Waals surface area contributed by atoms with Crippen LogP contribution in [0.15, 0.2) is 50.4 Å². The van der Waals surface area contributed by atoms with Gasteiger partial charge in [0.2, 0.25) is 10.0 Å². The number of halogens is 1. The molecule has 2 rings (SSSR count). The number of hydrogen-bond acceptors (Lipinski definition) is 7. The summed E-state index contributed by atoms with van der Waals surface area (Å²) >= 11 is 3.14. The molecule has 0 atom stereocenters. The van der Waals surface area contributed by atoms with E-state index in [2.05, 4.69) is 21.2 Å². The molecule has 29 heavy (non-hydrogen) atoms. The highest BCUT2D eigenvalue weighted by Gasteiger charge is 2.20. The van der Waals surface area contributed by atoms with Gasteiger partial charge in [-0.1, -0.05) is 0 Å². The molecule has 1 N–H and O–H groups in total. The lowest BCUT2D eigenvalue weighted by atomic mass is 10.3. The van der Waals surface area contributed by atoms with Gasteiger partial charge in [0.15, 0.2) is 11.3 Å². The lowest BCUT2D eigenvalue weighted by molar-refractivity contribution is -0.142. The summed E-state index contributed by atoms with van der Waals surface area (Å²) in [6.45, 7) is -0.571. The number of esters is 1. The van der Waals surface area contributed by atoms with Crippen LogP contribution in [0.2, 0.25) is 0 Å². The summed E-state index contributed by atoms with van der Waals surface area (Å²) in [5.74, 6) is -0.721. The second-order valence-corrected chi connectivity index (χ2v) is 8.71. The molecule has 0 saturated carbocycles. The van der Waals surface area contributed by atoms with Crippen LogP contribution in [0.4, 0.5) is 5.69 Å². The Kier molecular flexibility index (Phi) is 7.59. The van der Waals surface area contributed by atoms with E-state index in [0.29, 0.717) is 10.4 Å². The maximum atomic E-state index is 12.3. The number of hydrogen-bond donors (Lipinski definition) is 1. The molecule has 2 aromatic rings. The van der Waals surface area contributed by atoms with Crippen LogP contribution in [0.3, 0.4) is 0 Å². The Labute approximate surface area is 176 Å². The molecule has 1 aromatic heterocycles. The van der Waals surface area contributed by atoms with Crippen molar-refractivity contribution in [3.05, 3.63) is 46.8 Å². The third-order valence-corrected chi connectivity index (χ3v) is 5.78. The van der Waals surface area contributed by atoms with Gasteiger partial charge in [0.25, 0.3) is 5.91 Å². The monoisotopic (exact) mass is 486 g/mol. The van der Waals surface area contributed by atoms with E-state index < -0.39 is 28.5 Å². The first-order valence-corrected chi connectivity index (χ1v) is 10.4. The minimum absolute atomic E-state index is 0.0249. The fourth-order valence-corrected chi connectivity index (χ4v) is 3.34. The van der Waals surface area contributed by atoms with Gasteiger partial charge in [0, 0.05) is 20.2 Å². The molecule has 0 aliphatic carbocycles. The highest BCUT2D eigenvalue weighted by molar-refractivity contribution is 9.10. The first-order chi connectivity index (χ1) is 13.6. The highest BCUT2D eigenvalue weighted by atomic mass is 79.9. The largest absolute Gasteiger partial charge is 0.495 e. The molecular weight excluding hydrogens is 468 g/mol. The molecule has 0 spiro atoms. The van der Waals surface area contributed by atoms with E-state index in [1.807, 2.05) is 0 Å². The summed E-state index contributed by atoms with van der Waals surface area (Å²) in [5, 5.41) is 2.47. The van der Waals surface area contributed by atoms with Gasteiger partial charge < -0.3 is 19.2 Å². The number of furan rings is 1. The number of nitrogens with one attached hydrogen (secondary N) is 1. The van der Waals surface area contributed by atoms with Crippen LogP contribution >= 0.6 is 15.9 Å². The molecule has 0 aliphatic rings. The first kappa shape index (κ1) is 22.7. The molecule has 1 aromatic carbocycles. The maximum absolute atomic E-state index is 12.3. The lowest BCUT2D eigenvalue weighted by Crippen LogP contribution is -2.23. The van der Waals surface area contributed by atoms with Gasteiger partial charge in [-0.15, -0.1) is 0 Å². The number of carbonyl (C=O) groups is 2. The zero-order chi connectivity index (χ0) is 21.6. The van der Waals surface area contributed by atoms with Crippen molar-refractivity contribution in [2.75, 3.05) is 33.1 Å². The topological polar surface area (TPSA) is 115 Å². The van der Waals surface area contributed by atoms with E-state index in [9.17, 15) is 18.0 Å². The van der Waals surface area contributed by atoms with E-state index in [-0.39, 0.29) is 16.3 Å². The molecule has 11 heteroatoms. The Morgan fingerprint density at radius 1 is 1.24 bits per heavy atom. The summed E-state index contributed by atoms with van der Waals surface area (Å²) in [7, 11) is 0.470. The van der Waals surface area contributed by atoms with E-state index in [1.165, 1.54) is 45.5 Å². The fourth-order valence-electron chi connectivity index (χ4n) is 2.10. The van der Waals surface area contributed by atoms with Crippen molar-refractivity contribution in [2.24, 2.45) is 0 Å². The van der Waals surface area contributed by atoms with E-state index in [4.69, 9.17) is 13.9 Å². The molecule has 156 valence electrons. The average molecular weight is 487 g/mol. The Balaban J connectivity index is 2.02. The van der Waals surface area contributed by atoms with Crippen molar-refractivity contribution in [2.45, 2.75) is 4.90 Å². The molecule has 1 heterocycles. The van der Waals surface area contributed by atoms with Gasteiger partial charge in [0.1, 0.15) is 11.5 Å². The quantitative estimate of drug-likeness (QED) is 0.450. The Hall–Kier alpha value is -2.63. The van der Waals surface area contributed by atoms with Crippen LogP contribution in [0, 0.1) is 0 Å². The molecule has 0 bridgehead atoms. The maximum Gasteiger partial charge on any atom is 0.331 e. The summed E-state index contributed by atoms with van der Waals surface area (Å²) < 4.78 is 41.3. The molecule has 0 radical (unpaired) electrons. The number of nitrogens with zero attached hydrogens (tertiary/aromatic N) is 1. The summed E-state index contributed by atoms with van der Waals surface area (Å²) in [5.41, 5.74) is 0.132. The van der Waals surface area contributed by atoms with Gasteiger partial charge in [-0.25, -0.2) is 17.5 Å². The summed E-state index contributed by atoms with van der Waals surface area (Å²) in [6.07, 6.45) is 2.51. The number of carbonyl (C=O) groups excluding carboxylic acids is 2. The molecule has 0 unspecified atom stereocenters. The second kappa shape index (κ2) is 9.72. The average Bonchev–Trinajstić information content (AvgIpc) is 3.09.